The van der Waals surface area contributed by atoms with Crippen LogP contribution < -0.4 is 0 Å². The van der Waals surface area contributed by atoms with Crippen LogP contribution in [0.5, 0.6) is 0 Å². The highest BCUT2D eigenvalue weighted by Gasteiger charge is 2.21. The van der Waals surface area contributed by atoms with Crippen molar-refractivity contribution < 1.29 is 0 Å². The van der Waals surface area contributed by atoms with Crippen molar-refractivity contribution in [3.05, 3.63) is 23.5 Å². The van der Waals surface area contributed by atoms with Gasteiger partial charge in [-0.15, -0.1) is 11.3 Å². The first-order chi connectivity index (χ1) is 6.63. The lowest BCUT2D eigenvalue weighted by molar-refractivity contribution is 0.475. The van der Waals surface area contributed by atoms with E-state index in [2.05, 4.69) is 42.2 Å². The van der Waals surface area contributed by atoms with Crippen LogP contribution in [0.15, 0.2) is 17.6 Å². The molecule has 0 amide bonds. The highest BCUT2D eigenvalue weighted by molar-refractivity contribution is 7.16. The van der Waals surface area contributed by atoms with Crippen LogP contribution in [0, 0.1) is 0 Å². The molecule has 14 heavy (non-hydrogen) atoms. The fourth-order valence-electron chi connectivity index (χ4n) is 1.24. The highest BCUT2D eigenvalue weighted by atomic mass is 32.1. The van der Waals surface area contributed by atoms with E-state index in [-0.39, 0.29) is 5.41 Å². The van der Waals surface area contributed by atoms with Crippen LogP contribution >= 0.6 is 11.3 Å². The van der Waals surface area contributed by atoms with Gasteiger partial charge in [0, 0.05) is 17.0 Å². The maximum atomic E-state index is 4.59. The molecule has 3 heteroatoms. The SMILES string of the molecule is CCC(C)(C)c1ncc2ccsc2n1. The number of nitrogens with zero attached hydrogens (tertiary/aromatic N) is 2. The van der Waals surface area contributed by atoms with Gasteiger partial charge >= 0.3 is 0 Å². The minimum absolute atomic E-state index is 0.0815. The molecule has 0 radical (unpaired) electrons. The predicted octanol–water partition coefficient (Wildman–Crippen LogP) is 3.38. The van der Waals surface area contributed by atoms with E-state index < -0.39 is 0 Å². The topological polar surface area (TPSA) is 25.8 Å². The first-order valence-electron chi connectivity index (χ1n) is 4.84. The van der Waals surface area contributed by atoms with Crippen molar-refractivity contribution >= 4 is 21.6 Å². The Bertz CT molecular complexity index is 445. The number of fused-ring (bicyclic) bond motifs is 1. The minimum atomic E-state index is 0.0815. The van der Waals surface area contributed by atoms with Crippen LogP contribution in [0.3, 0.4) is 0 Å². The number of thiophene rings is 1. The molecule has 2 nitrogen and oxygen atoms in total. The zero-order valence-corrected chi connectivity index (χ0v) is 9.56. The van der Waals surface area contributed by atoms with Gasteiger partial charge in [0.1, 0.15) is 10.7 Å². The fourth-order valence-corrected chi connectivity index (χ4v) is 1.98. The fraction of sp³-hybridized carbons (Fsp3) is 0.455. The summed E-state index contributed by atoms with van der Waals surface area (Å²) in [6.45, 7) is 6.53. The lowest BCUT2D eigenvalue weighted by atomic mass is 9.89. The summed E-state index contributed by atoms with van der Waals surface area (Å²) >= 11 is 1.68. The molecule has 2 aromatic heterocycles. The second kappa shape index (κ2) is 3.31. The molecule has 0 N–H and O–H groups in total. The Morgan fingerprint density at radius 3 is 2.93 bits per heavy atom. The Morgan fingerprint density at radius 2 is 2.21 bits per heavy atom. The molecule has 0 saturated carbocycles. The van der Waals surface area contributed by atoms with Crippen molar-refractivity contribution in [3.8, 4) is 0 Å². The van der Waals surface area contributed by atoms with Crippen molar-refractivity contribution in [2.75, 3.05) is 0 Å². The Labute approximate surface area is 88.0 Å². The first-order valence-corrected chi connectivity index (χ1v) is 5.72. The van der Waals surface area contributed by atoms with Crippen LogP contribution in [0.25, 0.3) is 10.2 Å². The Balaban J connectivity index is 2.53. The molecule has 0 aliphatic rings. The second-order valence-electron chi connectivity index (χ2n) is 4.11. The molecule has 2 rings (SSSR count). The van der Waals surface area contributed by atoms with Gasteiger partial charge in [-0.1, -0.05) is 20.8 Å². The summed E-state index contributed by atoms with van der Waals surface area (Å²) in [7, 11) is 0. The molecule has 0 fully saturated rings. The van der Waals surface area contributed by atoms with Crippen LogP contribution in [-0.2, 0) is 5.41 Å². The maximum Gasteiger partial charge on any atom is 0.135 e. The lowest BCUT2D eigenvalue weighted by Crippen LogP contribution is -2.19. The van der Waals surface area contributed by atoms with E-state index in [9.17, 15) is 0 Å². The molecule has 74 valence electrons. The number of hydrogen-bond donors (Lipinski definition) is 0. The van der Waals surface area contributed by atoms with Crippen molar-refractivity contribution in [2.24, 2.45) is 0 Å². The monoisotopic (exact) mass is 206 g/mol. The Morgan fingerprint density at radius 1 is 1.43 bits per heavy atom. The van der Waals surface area contributed by atoms with E-state index in [1.807, 2.05) is 6.20 Å². The van der Waals surface area contributed by atoms with Gasteiger partial charge in [-0.3, -0.25) is 0 Å². The maximum absolute atomic E-state index is 4.59. The van der Waals surface area contributed by atoms with Gasteiger partial charge in [0.25, 0.3) is 0 Å². The Kier molecular flexibility index (Phi) is 2.27. The number of aromatic nitrogens is 2. The highest BCUT2D eigenvalue weighted by Crippen LogP contribution is 2.26. The minimum Gasteiger partial charge on any atom is -0.240 e. The van der Waals surface area contributed by atoms with E-state index >= 15 is 0 Å². The summed E-state index contributed by atoms with van der Waals surface area (Å²) in [6.07, 6.45) is 2.98. The van der Waals surface area contributed by atoms with Crippen LogP contribution in [-0.4, -0.2) is 9.97 Å². The normalized spacial score (nSPS) is 12.2. The molecule has 0 bridgehead atoms. The molecule has 0 saturated heterocycles. The molecular formula is C11H14N2S. The lowest BCUT2D eigenvalue weighted by Gasteiger charge is -2.20. The van der Waals surface area contributed by atoms with Gasteiger partial charge in [-0.05, 0) is 17.9 Å². The van der Waals surface area contributed by atoms with Gasteiger partial charge in [-0.2, -0.15) is 0 Å². The van der Waals surface area contributed by atoms with E-state index in [0.29, 0.717) is 0 Å². The summed E-state index contributed by atoms with van der Waals surface area (Å²) in [5, 5.41) is 3.20. The molecule has 2 heterocycles. The van der Waals surface area contributed by atoms with E-state index in [0.717, 1.165) is 22.5 Å². The summed E-state index contributed by atoms with van der Waals surface area (Å²) < 4.78 is 0. The quantitative estimate of drug-likeness (QED) is 0.752. The molecule has 0 aliphatic carbocycles. The van der Waals surface area contributed by atoms with E-state index in [1.165, 1.54) is 0 Å². The van der Waals surface area contributed by atoms with Crippen molar-refractivity contribution in [3.63, 3.8) is 0 Å². The van der Waals surface area contributed by atoms with E-state index in [1.54, 1.807) is 11.3 Å². The largest absolute Gasteiger partial charge is 0.240 e. The summed E-state index contributed by atoms with van der Waals surface area (Å²) in [5.74, 6) is 0.954. The van der Waals surface area contributed by atoms with Gasteiger partial charge < -0.3 is 0 Å². The van der Waals surface area contributed by atoms with Crippen molar-refractivity contribution in [1.29, 1.82) is 0 Å². The second-order valence-corrected chi connectivity index (χ2v) is 5.01. The molecule has 0 atom stereocenters. The molecule has 0 unspecified atom stereocenters. The average molecular weight is 206 g/mol. The predicted molar refractivity (Wildman–Crippen MR) is 60.7 cm³/mol. The van der Waals surface area contributed by atoms with Gasteiger partial charge in [0.05, 0.1) is 0 Å². The molecule has 2 aromatic rings. The summed E-state index contributed by atoms with van der Waals surface area (Å²) in [5.41, 5.74) is 0.0815. The average Bonchev–Trinajstić information content (AvgIpc) is 2.64. The van der Waals surface area contributed by atoms with E-state index in [4.69, 9.17) is 0 Å². The van der Waals surface area contributed by atoms with Gasteiger partial charge in [0.15, 0.2) is 0 Å². The van der Waals surface area contributed by atoms with Gasteiger partial charge in [-0.25, -0.2) is 9.97 Å². The molecular weight excluding hydrogens is 192 g/mol. The van der Waals surface area contributed by atoms with Gasteiger partial charge in [0.2, 0.25) is 0 Å². The molecule has 0 aliphatic heterocycles. The number of hydrogen-bond acceptors (Lipinski definition) is 3. The zero-order valence-electron chi connectivity index (χ0n) is 8.74. The third-order valence-corrected chi connectivity index (χ3v) is 3.52. The first kappa shape index (κ1) is 9.59. The van der Waals surface area contributed by atoms with Crippen LogP contribution in [0.1, 0.15) is 33.0 Å². The standard InChI is InChI=1S/C11H14N2S/c1-4-11(2,3)10-12-7-8-5-6-14-9(8)13-10/h5-7H,4H2,1-3H3. The van der Waals surface area contributed by atoms with Crippen molar-refractivity contribution in [2.45, 2.75) is 32.6 Å². The van der Waals surface area contributed by atoms with Crippen LogP contribution in [0.4, 0.5) is 0 Å². The molecule has 0 spiro atoms. The molecule has 0 aromatic carbocycles. The smallest absolute Gasteiger partial charge is 0.135 e. The third-order valence-electron chi connectivity index (χ3n) is 2.70. The van der Waals surface area contributed by atoms with Crippen LogP contribution in [0.2, 0.25) is 0 Å². The zero-order chi connectivity index (χ0) is 10.2. The van der Waals surface area contributed by atoms with Crippen molar-refractivity contribution in [1.82, 2.24) is 9.97 Å². The summed E-state index contributed by atoms with van der Waals surface area (Å²) in [4.78, 5) is 10.1. The Hall–Kier alpha value is -0.960. The summed E-state index contributed by atoms with van der Waals surface area (Å²) in [6, 6.07) is 2.06. The number of rotatable bonds is 2. The third kappa shape index (κ3) is 1.52.